The van der Waals surface area contributed by atoms with E-state index in [4.69, 9.17) is 9.84 Å². The molecule has 0 spiro atoms. The van der Waals surface area contributed by atoms with Gasteiger partial charge in [-0.25, -0.2) is 0 Å². The Bertz CT molecular complexity index is 449. The molecule has 15 heavy (non-hydrogen) atoms. The molecule has 1 unspecified atom stereocenters. The number of rotatable bonds is 3. The number of ether oxygens (including phenoxy) is 1. The highest BCUT2D eigenvalue weighted by Crippen LogP contribution is 2.16. The van der Waals surface area contributed by atoms with Gasteiger partial charge in [-0.3, -0.25) is 0 Å². The molecule has 2 nitrogen and oxygen atoms in total. The van der Waals surface area contributed by atoms with Crippen LogP contribution in [0.3, 0.4) is 0 Å². The molecular weight excluding hydrogens is 188 g/mol. The smallest absolute Gasteiger partial charge is 0.152 e. The molecule has 0 aromatic heterocycles. The van der Waals surface area contributed by atoms with Crippen LogP contribution in [0.5, 0.6) is 0 Å². The summed E-state index contributed by atoms with van der Waals surface area (Å²) in [7, 11) is 0. The molecule has 0 bridgehead atoms. The van der Waals surface area contributed by atoms with Crippen LogP contribution in [0.2, 0.25) is 0 Å². The molecular formula is C13H14O2. The summed E-state index contributed by atoms with van der Waals surface area (Å²) in [6, 6.07) is 14.4. The van der Waals surface area contributed by atoms with Gasteiger partial charge in [0, 0.05) is 0 Å². The Balaban J connectivity index is 2.23. The van der Waals surface area contributed by atoms with Crippen molar-refractivity contribution >= 4 is 10.8 Å². The van der Waals surface area contributed by atoms with Crippen molar-refractivity contribution in [2.45, 2.75) is 19.8 Å². The standard InChI is InChI=1S/C13H14O2/c1-10(14)15-9-11-6-7-12-4-2-3-5-13(12)8-11/h2-8,10,14H,9H2,1H3. The highest BCUT2D eigenvalue weighted by atomic mass is 16.6. The largest absolute Gasteiger partial charge is 0.368 e. The fourth-order valence-electron chi connectivity index (χ4n) is 1.55. The number of aliphatic hydroxyl groups is 1. The molecule has 0 radical (unpaired) electrons. The molecule has 0 aliphatic carbocycles. The Labute approximate surface area is 89.1 Å². The zero-order chi connectivity index (χ0) is 10.7. The SMILES string of the molecule is CC(O)OCc1ccc2ccccc2c1. The van der Waals surface area contributed by atoms with E-state index in [0.29, 0.717) is 6.61 Å². The Kier molecular flexibility index (Phi) is 2.99. The van der Waals surface area contributed by atoms with Gasteiger partial charge in [0.25, 0.3) is 0 Å². The quantitative estimate of drug-likeness (QED) is 0.775. The highest BCUT2D eigenvalue weighted by molar-refractivity contribution is 5.82. The van der Waals surface area contributed by atoms with Crippen LogP contribution in [0.1, 0.15) is 12.5 Å². The van der Waals surface area contributed by atoms with Crippen LogP contribution in [0.15, 0.2) is 42.5 Å². The normalized spacial score (nSPS) is 12.9. The van der Waals surface area contributed by atoms with Gasteiger partial charge >= 0.3 is 0 Å². The van der Waals surface area contributed by atoms with Crippen molar-refractivity contribution in [3.63, 3.8) is 0 Å². The van der Waals surface area contributed by atoms with Gasteiger partial charge in [0.05, 0.1) is 6.61 Å². The van der Waals surface area contributed by atoms with E-state index in [1.807, 2.05) is 18.2 Å². The van der Waals surface area contributed by atoms with E-state index in [-0.39, 0.29) is 0 Å². The Morgan fingerprint density at radius 3 is 2.60 bits per heavy atom. The Morgan fingerprint density at radius 2 is 1.87 bits per heavy atom. The lowest BCUT2D eigenvalue weighted by atomic mass is 10.1. The molecule has 2 heteroatoms. The van der Waals surface area contributed by atoms with E-state index in [1.165, 1.54) is 10.8 Å². The van der Waals surface area contributed by atoms with Crippen molar-refractivity contribution in [1.82, 2.24) is 0 Å². The van der Waals surface area contributed by atoms with Gasteiger partial charge in [0.15, 0.2) is 6.29 Å². The third-order valence-electron chi connectivity index (χ3n) is 2.31. The predicted octanol–water partition coefficient (Wildman–Crippen LogP) is 2.69. The number of fused-ring (bicyclic) bond motifs is 1. The molecule has 0 heterocycles. The first-order valence-electron chi connectivity index (χ1n) is 5.03. The average Bonchev–Trinajstić information content (AvgIpc) is 2.26. The number of benzene rings is 2. The predicted molar refractivity (Wildman–Crippen MR) is 60.4 cm³/mol. The van der Waals surface area contributed by atoms with Gasteiger partial charge in [0.2, 0.25) is 0 Å². The topological polar surface area (TPSA) is 29.5 Å². The van der Waals surface area contributed by atoms with Crippen molar-refractivity contribution < 1.29 is 9.84 Å². The van der Waals surface area contributed by atoms with Crippen LogP contribution in [0.25, 0.3) is 10.8 Å². The molecule has 0 saturated carbocycles. The maximum Gasteiger partial charge on any atom is 0.152 e. The minimum Gasteiger partial charge on any atom is -0.368 e. The molecule has 78 valence electrons. The number of hydrogen-bond acceptors (Lipinski definition) is 2. The Hall–Kier alpha value is -1.38. The molecule has 1 N–H and O–H groups in total. The maximum atomic E-state index is 9.00. The second-order valence-electron chi connectivity index (χ2n) is 3.59. The van der Waals surface area contributed by atoms with Gasteiger partial charge in [0.1, 0.15) is 0 Å². The third-order valence-corrected chi connectivity index (χ3v) is 2.31. The molecule has 1 atom stereocenters. The average molecular weight is 202 g/mol. The molecule has 0 fully saturated rings. The maximum absolute atomic E-state index is 9.00. The van der Waals surface area contributed by atoms with E-state index in [1.54, 1.807) is 6.92 Å². The van der Waals surface area contributed by atoms with Crippen molar-refractivity contribution in [1.29, 1.82) is 0 Å². The molecule has 2 rings (SSSR count). The fraction of sp³-hybridized carbons (Fsp3) is 0.231. The summed E-state index contributed by atoms with van der Waals surface area (Å²) in [5.74, 6) is 0. The molecule has 0 amide bonds. The summed E-state index contributed by atoms with van der Waals surface area (Å²) in [4.78, 5) is 0. The lowest BCUT2D eigenvalue weighted by Crippen LogP contribution is -2.05. The molecule has 0 aliphatic heterocycles. The first kappa shape index (κ1) is 10.1. The summed E-state index contributed by atoms with van der Waals surface area (Å²) in [6.07, 6.45) is -0.712. The minimum absolute atomic E-state index is 0.447. The van der Waals surface area contributed by atoms with Crippen LogP contribution in [-0.2, 0) is 11.3 Å². The van der Waals surface area contributed by atoms with Crippen LogP contribution in [0.4, 0.5) is 0 Å². The van der Waals surface area contributed by atoms with Gasteiger partial charge in [-0.05, 0) is 29.3 Å². The molecule has 2 aromatic rings. The van der Waals surface area contributed by atoms with Gasteiger partial charge < -0.3 is 9.84 Å². The highest BCUT2D eigenvalue weighted by Gasteiger charge is 1.98. The van der Waals surface area contributed by atoms with Crippen molar-refractivity contribution in [2.75, 3.05) is 0 Å². The van der Waals surface area contributed by atoms with Crippen LogP contribution >= 0.6 is 0 Å². The number of hydrogen-bond donors (Lipinski definition) is 1. The summed E-state index contributed by atoms with van der Waals surface area (Å²) in [5.41, 5.74) is 1.08. The molecule has 0 aliphatic rings. The monoisotopic (exact) mass is 202 g/mol. The van der Waals surface area contributed by atoms with Gasteiger partial charge in [-0.15, -0.1) is 0 Å². The van der Waals surface area contributed by atoms with E-state index in [9.17, 15) is 0 Å². The zero-order valence-electron chi connectivity index (χ0n) is 8.68. The lowest BCUT2D eigenvalue weighted by Gasteiger charge is -2.07. The summed E-state index contributed by atoms with van der Waals surface area (Å²) in [6.45, 7) is 2.06. The zero-order valence-corrected chi connectivity index (χ0v) is 8.68. The van der Waals surface area contributed by atoms with Crippen LogP contribution < -0.4 is 0 Å². The second kappa shape index (κ2) is 4.43. The second-order valence-corrected chi connectivity index (χ2v) is 3.59. The minimum atomic E-state index is -0.712. The van der Waals surface area contributed by atoms with Crippen LogP contribution in [-0.4, -0.2) is 11.4 Å². The van der Waals surface area contributed by atoms with E-state index >= 15 is 0 Å². The van der Waals surface area contributed by atoms with E-state index < -0.39 is 6.29 Å². The first-order valence-corrected chi connectivity index (χ1v) is 5.03. The van der Waals surface area contributed by atoms with E-state index in [0.717, 1.165) is 5.56 Å². The van der Waals surface area contributed by atoms with Crippen molar-refractivity contribution in [3.05, 3.63) is 48.0 Å². The van der Waals surface area contributed by atoms with Crippen molar-refractivity contribution in [2.24, 2.45) is 0 Å². The van der Waals surface area contributed by atoms with Gasteiger partial charge in [-0.1, -0.05) is 36.4 Å². The van der Waals surface area contributed by atoms with Crippen LogP contribution in [0, 0.1) is 0 Å². The summed E-state index contributed by atoms with van der Waals surface area (Å²) < 4.78 is 5.13. The fourth-order valence-corrected chi connectivity index (χ4v) is 1.55. The summed E-state index contributed by atoms with van der Waals surface area (Å²) in [5, 5.41) is 11.4. The molecule has 2 aromatic carbocycles. The van der Waals surface area contributed by atoms with E-state index in [2.05, 4.69) is 24.3 Å². The van der Waals surface area contributed by atoms with Gasteiger partial charge in [-0.2, -0.15) is 0 Å². The third kappa shape index (κ3) is 2.55. The molecule has 0 saturated heterocycles. The lowest BCUT2D eigenvalue weighted by molar-refractivity contribution is -0.0939. The first-order chi connectivity index (χ1) is 7.25. The Morgan fingerprint density at radius 1 is 1.13 bits per heavy atom. The summed E-state index contributed by atoms with van der Waals surface area (Å²) >= 11 is 0. The number of aliphatic hydroxyl groups excluding tert-OH is 1. The van der Waals surface area contributed by atoms with Crippen molar-refractivity contribution in [3.8, 4) is 0 Å².